The van der Waals surface area contributed by atoms with Crippen LogP contribution >= 0.6 is 11.8 Å². The van der Waals surface area contributed by atoms with Crippen LogP contribution in [0.4, 0.5) is 0 Å². The fourth-order valence-corrected chi connectivity index (χ4v) is 2.76. The summed E-state index contributed by atoms with van der Waals surface area (Å²) < 4.78 is 4.99. The Labute approximate surface area is 106 Å². The zero-order valence-corrected chi connectivity index (χ0v) is 11.2. The molecule has 1 aliphatic rings. The molecule has 2 N–H and O–H groups in total. The maximum absolute atomic E-state index is 12.0. The van der Waals surface area contributed by atoms with Gasteiger partial charge >= 0.3 is 5.97 Å². The summed E-state index contributed by atoms with van der Waals surface area (Å²) in [6.07, 6.45) is 0.278. The molecule has 5 nitrogen and oxygen atoms in total. The van der Waals surface area contributed by atoms with E-state index in [1.807, 2.05) is 0 Å². The Hall–Kier alpha value is -0.750. The number of hydrogen-bond donors (Lipinski definition) is 1. The zero-order chi connectivity index (χ0) is 12.8. The average molecular weight is 260 g/mol. The predicted octanol–water partition coefficient (Wildman–Crippen LogP) is 0.231. The van der Waals surface area contributed by atoms with Crippen molar-refractivity contribution in [3.05, 3.63) is 0 Å². The Kier molecular flexibility index (Phi) is 5.77. The molecule has 0 aromatic heterocycles. The van der Waals surface area contributed by atoms with Gasteiger partial charge in [-0.15, -0.1) is 0 Å². The van der Waals surface area contributed by atoms with Crippen LogP contribution < -0.4 is 5.73 Å². The molecule has 2 unspecified atom stereocenters. The Balaban J connectivity index is 2.65. The van der Waals surface area contributed by atoms with E-state index in [-0.39, 0.29) is 24.3 Å². The lowest BCUT2D eigenvalue weighted by Gasteiger charge is -2.34. The van der Waals surface area contributed by atoms with E-state index in [1.165, 1.54) is 0 Å². The first-order valence-electron chi connectivity index (χ1n) is 5.85. The second-order valence-corrected chi connectivity index (χ2v) is 5.26. The molecule has 1 rings (SSSR count). The molecule has 1 heterocycles. The van der Waals surface area contributed by atoms with Crippen molar-refractivity contribution in [1.29, 1.82) is 0 Å². The van der Waals surface area contributed by atoms with Crippen LogP contribution in [0.2, 0.25) is 0 Å². The highest BCUT2D eigenvalue weighted by Crippen LogP contribution is 2.18. The van der Waals surface area contributed by atoms with Crippen molar-refractivity contribution in [2.45, 2.75) is 32.4 Å². The molecule has 1 saturated heterocycles. The van der Waals surface area contributed by atoms with Crippen molar-refractivity contribution < 1.29 is 14.3 Å². The molecule has 0 aliphatic carbocycles. The zero-order valence-electron chi connectivity index (χ0n) is 10.3. The minimum atomic E-state index is -0.444. The van der Waals surface area contributed by atoms with E-state index >= 15 is 0 Å². The number of rotatable bonds is 4. The number of amides is 1. The molecular formula is C11H20N2O3S. The van der Waals surface area contributed by atoms with Crippen LogP contribution in [0.1, 0.15) is 20.3 Å². The third-order valence-electron chi connectivity index (χ3n) is 2.50. The molecule has 2 atom stereocenters. The van der Waals surface area contributed by atoms with E-state index in [4.69, 9.17) is 10.5 Å². The van der Waals surface area contributed by atoms with E-state index in [1.54, 1.807) is 30.5 Å². The maximum atomic E-state index is 12.0. The van der Waals surface area contributed by atoms with E-state index < -0.39 is 6.04 Å². The predicted molar refractivity (Wildman–Crippen MR) is 67.7 cm³/mol. The van der Waals surface area contributed by atoms with Gasteiger partial charge in [0.1, 0.15) is 6.04 Å². The Morgan fingerprint density at radius 2 is 2.29 bits per heavy atom. The smallest absolute Gasteiger partial charge is 0.329 e. The summed E-state index contributed by atoms with van der Waals surface area (Å²) in [4.78, 5) is 25.3. The summed E-state index contributed by atoms with van der Waals surface area (Å²) in [5.41, 5.74) is 5.61. The van der Waals surface area contributed by atoms with Gasteiger partial charge in [0.15, 0.2) is 0 Å². The van der Waals surface area contributed by atoms with Gasteiger partial charge in [-0.2, -0.15) is 11.8 Å². The molecule has 0 spiro atoms. The minimum Gasteiger partial charge on any atom is -0.464 e. The molecule has 1 fully saturated rings. The summed E-state index contributed by atoms with van der Waals surface area (Å²) in [6, 6.07) is -0.625. The van der Waals surface area contributed by atoms with Crippen molar-refractivity contribution >= 4 is 23.6 Å². The third-order valence-corrected chi connectivity index (χ3v) is 3.53. The van der Waals surface area contributed by atoms with Gasteiger partial charge in [0, 0.05) is 30.5 Å². The molecule has 6 heteroatoms. The SMILES string of the molecule is CCOC(=O)C1CSCCN1C(=O)CC(C)N. The fraction of sp³-hybridized carbons (Fsp3) is 0.818. The Morgan fingerprint density at radius 3 is 2.88 bits per heavy atom. The van der Waals surface area contributed by atoms with Gasteiger partial charge in [-0.1, -0.05) is 0 Å². The number of esters is 1. The number of nitrogens with zero attached hydrogens (tertiary/aromatic N) is 1. The standard InChI is InChI=1S/C11H20N2O3S/c1-3-16-11(15)9-7-17-5-4-13(9)10(14)6-8(2)12/h8-9H,3-7,12H2,1-2H3. The van der Waals surface area contributed by atoms with Crippen molar-refractivity contribution in [1.82, 2.24) is 4.90 Å². The molecular weight excluding hydrogens is 240 g/mol. The molecule has 0 radical (unpaired) electrons. The number of carbonyl (C=O) groups is 2. The van der Waals surface area contributed by atoms with Gasteiger partial charge in [-0.25, -0.2) is 4.79 Å². The highest BCUT2D eigenvalue weighted by Gasteiger charge is 2.33. The lowest BCUT2D eigenvalue weighted by molar-refractivity contribution is -0.154. The van der Waals surface area contributed by atoms with Crippen molar-refractivity contribution in [2.75, 3.05) is 24.7 Å². The van der Waals surface area contributed by atoms with Crippen LogP contribution in [-0.4, -0.2) is 53.5 Å². The molecule has 1 amide bonds. The van der Waals surface area contributed by atoms with Gasteiger partial charge in [0.2, 0.25) is 5.91 Å². The lowest BCUT2D eigenvalue weighted by atomic mass is 10.2. The van der Waals surface area contributed by atoms with Crippen LogP contribution in [0.25, 0.3) is 0 Å². The molecule has 1 aliphatic heterocycles. The van der Waals surface area contributed by atoms with Gasteiger partial charge < -0.3 is 15.4 Å². The van der Waals surface area contributed by atoms with Gasteiger partial charge in [0.05, 0.1) is 6.61 Å². The molecule has 0 bridgehead atoms. The van der Waals surface area contributed by atoms with E-state index in [9.17, 15) is 9.59 Å². The second-order valence-electron chi connectivity index (χ2n) is 4.11. The Bertz CT molecular complexity index is 284. The van der Waals surface area contributed by atoms with Crippen molar-refractivity contribution in [2.24, 2.45) is 5.73 Å². The van der Waals surface area contributed by atoms with Gasteiger partial charge in [-0.3, -0.25) is 4.79 Å². The highest BCUT2D eigenvalue weighted by atomic mass is 32.2. The van der Waals surface area contributed by atoms with Crippen LogP contribution in [0.15, 0.2) is 0 Å². The van der Waals surface area contributed by atoms with E-state index in [0.29, 0.717) is 18.9 Å². The molecule has 98 valence electrons. The number of nitrogens with two attached hydrogens (primary N) is 1. The van der Waals surface area contributed by atoms with Crippen molar-refractivity contribution in [3.8, 4) is 0 Å². The summed E-state index contributed by atoms with van der Waals surface area (Å²) >= 11 is 1.67. The van der Waals surface area contributed by atoms with Crippen LogP contribution in [-0.2, 0) is 14.3 Å². The van der Waals surface area contributed by atoms with Gasteiger partial charge in [0.25, 0.3) is 0 Å². The third kappa shape index (κ3) is 4.20. The van der Waals surface area contributed by atoms with E-state index in [0.717, 1.165) is 5.75 Å². The first-order chi connectivity index (χ1) is 8.06. The molecule has 0 saturated carbocycles. The summed E-state index contributed by atoms with van der Waals surface area (Å²) in [6.45, 7) is 4.49. The number of carbonyl (C=O) groups excluding carboxylic acids is 2. The van der Waals surface area contributed by atoms with Crippen LogP contribution in [0.3, 0.4) is 0 Å². The maximum Gasteiger partial charge on any atom is 0.329 e. The normalized spacial score (nSPS) is 22.1. The number of hydrogen-bond acceptors (Lipinski definition) is 5. The van der Waals surface area contributed by atoms with E-state index in [2.05, 4.69) is 0 Å². The average Bonchev–Trinajstić information content (AvgIpc) is 2.28. The second kappa shape index (κ2) is 6.86. The largest absolute Gasteiger partial charge is 0.464 e. The quantitative estimate of drug-likeness (QED) is 0.733. The first kappa shape index (κ1) is 14.3. The monoisotopic (exact) mass is 260 g/mol. The number of thioether (sulfide) groups is 1. The molecule has 17 heavy (non-hydrogen) atoms. The summed E-state index contributed by atoms with van der Waals surface area (Å²) in [7, 11) is 0. The lowest BCUT2D eigenvalue weighted by Crippen LogP contribution is -2.51. The first-order valence-corrected chi connectivity index (χ1v) is 7.01. The highest BCUT2D eigenvalue weighted by molar-refractivity contribution is 7.99. The topological polar surface area (TPSA) is 72.6 Å². The summed E-state index contributed by atoms with van der Waals surface area (Å²) in [5, 5.41) is 0. The van der Waals surface area contributed by atoms with Crippen LogP contribution in [0, 0.1) is 0 Å². The van der Waals surface area contributed by atoms with Gasteiger partial charge in [-0.05, 0) is 13.8 Å². The molecule has 0 aromatic rings. The van der Waals surface area contributed by atoms with Crippen molar-refractivity contribution in [3.63, 3.8) is 0 Å². The minimum absolute atomic E-state index is 0.0571. The fourth-order valence-electron chi connectivity index (χ4n) is 1.73. The number of ether oxygens (including phenoxy) is 1. The molecule has 0 aromatic carbocycles. The summed E-state index contributed by atoms with van der Waals surface area (Å²) in [5.74, 6) is 1.11. The van der Waals surface area contributed by atoms with Crippen LogP contribution in [0.5, 0.6) is 0 Å². The Morgan fingerprint density at radius 1 is 1.59 bits per heavy atom.